The van der Waals surface area contributed by atoms with Gasteiger partial charge in [0.2, 0.25) is 5.95 Å². The van der Waals surface area contributed by atoms with E-state index in [1.165, 1.54) is 0 Å². The summed E-state index contributed by atoms with van der Waals surface area (Å²) in [6.45, 7) is 2.91. The van der Waals surface area contributed by atoms with Gasteiger partial charge in [-0.05, 0) is 25.1 Å². The Morgan fingerprint density at radius 3 is 2.57 bits per heavy atom. The molecule has 0 saturated heterocycles. The number of amides is 2. The zero-order chi connectivity index (χ0) is 14.9. The number of anilines is 1. The molecule has 0 spiro atoms. The van der Waals surface area contributed by atoms with Crippen LogP contribution in [0.5, 0.6) is 0 Å². The van der Waals surface area contributed by atoms with Gasteiger partial charge in [0.25, 0.3) is 0 Å². The Morgan fingerprint density at radius 1 is 1.10 bits per heavy atom. The molecule has 2 aromatic rings. The zero-order valence-corrected chi connectivity index (χ0v) is 11.8. The number of pyridine rings is 1. The van der Waals surface area contributed by atoms with Crippen molar-refractivity contribution in [2.45, 2.75) is 13.0 Å². The number of hydrogen-bond acceptors (Lipinski definition) is 5. The molecule has 0 aliphatic carbocycles. The second kappa shape index (κ2) is 7.78. The van der Waals surface area contributed by atoms with Crippen molar-refractivity contribution in [2.75, 3.05) is 18.4 Å². The predicted molar refractivity (Wildman–Crippen MR) is 79.7 cm³/mol. The van der Waals surface area contributed by atoms with Gasteiger partial charge < -0.3 is 16.0 Å². The molecule has 7 heteroatoms. The van der Waals surface area contributed by atoms with E-state index >= 15 is 0 Å². The van der Waals surface area contributed by atoms with Crippen molar-refractivity contribution in [1.29, 1.82) is 0 Å². The molecule has 3 N–H and O–H groups in total. The summed E-state index contributed by atoms with van der Waals surface area (Å²) in [5.41, 5.74) is 0.823. The Kier molecular flexibility index (Phi) is 5.45. The molecule has 0 fully saturated rings. The number of urea groups is 1. The first kappa shape index (κ1) is 14.7. The monoisotopic (exact) mass is 286 g/mol. The predicted octanol–water partition coefficient (Wildman–Crippen LogP) is 1.34. The molecule has 2 heterocycles. The van der Waals surface area contributed by atoms with E-state index in [1.54, 1.807) is 24.7 Å². The molecule has 2 rings (SSSR count). The third kappa shape index (κ3) is 5.06. The topological polar surface area (TPSA) is 91.8 Å². The Bertz CT molecular complexity index is 548. The standard InChI is InChI=1S/C14H18N6O/c1-11(12-5-2-3-6-15-12)20-14(21)19-10-9-18-13-16-7-4-8-17-13/h2-8,11H,9-10H2,1H3,(H,16,17,18)(H2,19,20,21). The maximum atomic E-state index is 11.7. The average molecular weight is 286 g/mol. The summed E-state index contributed by atoms with van der Waals surface area (Å²) in [6.07, 6.45) is 5.02. The quantitative estimate of drug-likeness (QED) is 0.697. The summed E-state index contributed by atoms with van der Waals surface area (Å²) in [5, 5.41) is 8.59. The molecular formula is C14H18N6O. The maximum absolute atomic E-state index is 11.7. The molecule has 0 bridgehead atoms. The first-order valence-electron chi connectivity index (χ1n) is 6.72. The largest absolute Gasteiger partial charge is 0.352 e. The van der Waals surface area contributed by atoms with Crippen LogP contribution in [0.25, 0.3) is 0 Å². The van der Waals surface area contributed by atoms with E-state index in [0.29, 0.717) is 19.0 Å². The highest BCUT2D eigenvalue weighted by Crippen LogP contribution is 2.06. The smallest absolute Gasteiger partial charge is 0.315 e. The van der Waals surface area contributed by atoms with E-state index in [2.05, 4.69) is 30.9 Å². The number of rotatable bonds is 6. The minimum atomic E-state index is -0.232. The minimum absolute atomic E-state index is 0.142. The van der Waals surface area contributed by atoms with E-state index in [4.69, 9.17) is 0 Å². The van der Waals surface area contributed by atoms with Gasteiger partial charge in [-0.25, -0.2) is 14.8 Å². The molecule has 1 atom stereocenters. The summed E-state index contributed by atoms with van der Waals surface area (Å²) in [4.78, 5) is 24.0. The van der Waals surface area contributed by atoms with Crippen LogP contribution in [0.1, 0.15) is 18.7 Å². The SMILES string of the molecule is CC(NC(=O)NCCNc1ncccn1)c1ccccn1. The van der Waals surface area contributed by atoms with Gasteiger partial charge in [0.15, 0.2) is 0 Å². The molecule has 0 radical (unpaired) electrons. The van der Waals surface area contributed by atoms with Gasteiger partial charge >= 0.3 is 6.03 Å². The molecule has 0 saturated carbocycles. The second-order valence-electron chi connectivity index (χ2n) is 4.38. The first-order chi connectivity index (χ1) is 10.3. The fourth-order valence-corrected chi connectivity index (χ4v) is 1.69. The Morgan fingerprint density at radius 2 is 1.86 bits per heavy atom. The lowest BCUT2D eigenvalue weighted by molar-refractivity contribution is 0.238. The molecule has 0 aliphatic heterocycles. The van der Waals surface area contributed by atoms with Crippen LogP contribution >= 0.6 is 0 Å². The van der Waals surface area contributed by atoms with E-state index in [1.807, 2.05) is 25.1 Å². The van der Waals surface area contributed by atoms with E-state index in [-0.39, 0.29) is 12.1 Å². The van der Waals surface area contributed by atoms with Gasteiger partial charge in [-0.2, -0.15) is 0 Å². The summed E-state index contributed by atoms with van der Waals surface area (Å²) in [7, 11) is 0. The molecule has 1 unspecified atom stereocenters. The normalized spacial score (nSPS) is 11.5. The fraction of sp³-hybridized carbons (Fsp3) is 0.286. The number of nitrogens with one attached hydrogen (secondary N) is 3. The van der Waals surface area contributed by atoms with Gasteiger partial charge in [0, 0.05) is 31.7 Å². The summed E-state index contributed by atoms with van der Waals surface area (Å²) >= 11 is 0. The average Bonchev–Trinajstić information content (AvgIpc) is 2.53. The van der Waals surface area contributed by atoms with Gasteiger partial charge in [0.05, 0.1) is 11.7 Å². The summed E-state index contributed by atoms with van der Waals surface area (Å²) in [6, 6.07) is 6.98. The van der Waals surface area contributed by atoms with Gasteiger partial charge in [-0.15, -0.1) is 0 Å². The van der Waals surface area contributed by atoms with Crippen LogP contribution in [-0.4, -0.2) is 34.1 Å². The minimum Gasteiger partial charge on any atom is -0.352 e. The first-order valence-corrected chi connectivity index (χ1v) is 6.72. The lowest BCUT2D eigenvalue weighted by Crippen LogP contribution is -2.39. The molecule has 7 nitrogen and oxygen atoms in total. The van der Waals surface area contributed by atoms with Crippen LogP contribution in [-0.2, 0) is 0 Å². The maximum Gasteiger partial charge on any atom is 0.315 e. The lowest BCUT2D eigenvalue weighted by atomic mass is 10.2. The van der Waals surface area contributed by atoms with Crippen molar-refractivity contribution in [3.63, 3.8) is 0 Å². The van der Waals surface area contributed by atoms with Crippen LogP contribution in [0.3, 0.4) is 0 Å². The van der Waals surface area contributed by atoms with Gasteiger partial charge in [0.1, 0.15) is 0 Å². The number of carbonyl (C=O) groups excluding carboxylic acids is 1. The highest BCUT2D eigenvalue weighted by atomic mass is 16.2. The Hall–Kier alpha value is -2.70. The van der Waals surface area contributed by atoms with E-state index in [9.17, 15) is 4.79 Å². The van der Waals surface area contributed by atoms with Crippen LogP contribution in [0.4, 0.5) is 10.7 Å². The molecule has 2 aromatic heterocycles. The van der Waals surface area contributed by atoms with Gasteiger partial charge in [-0.3, -0.25) is 4.98 Å². The number of nitrogens with zero attached hydrogens (tertiary/aromatic N) is 3. The third-order valence-corrected chi connectivity index (χ3v) is 2.74. The van der Waals surface area contributed by atoms with Crippen molar-refractivity contribution in [3.05, 3.63) is 48.5 Å². The highest BCUT2D eigenvalue weighted by molar-refractivity contribution is 5.74. The summed E-state index contributed by atoms with van der Waals surface area (Å²) in [5.74, 6) is 0.543. The Balaban J connectivity index is 1.66. The van der Waals surface area contributed by atoms with Crippen molar-refractivity contribution >= 4 is 12.0 Å². The zero-order valence-electron chi connectivity index (χ0n) is 11.8. The van der Waals surface area contributed by atoms with Crippen molar-refractivity contribution in [2.24, 2.45) is 0 Å². The van der Waals surface area contributed by atoms with E-state index < -0.39 is 0 Å². The van der Waals surface area contributed by atoms with Crippen molar-refractivity contribution in [3.8, 4) is 0 Å². The molecule has 110 valence electrons. The molecule has 2 amide bonds. The molecule has 0 aromatic carbocycles. The number of carbonyl (C=O) groups is 1. The van der Waals surface area contributed by atoms with Gasteiger partial charge in [-0.1, -0.05) is 6.07 Å². The second-order valence-corrected chi connectivity index (χ2v) is 4.38. The molecular weight excluding hydrogens is 268 g/mol. The van der Waals surface area contributed by atoms with Crippen LogP contribution in [0.2, 0.25) is 0 Å². The third-order valence-electron chi connectivity index (χ3n) is 2.74. The van der Waals surface area contributed by atoms with Crippen LogP contribution in [0.15, 0.2) is 42.9 Å². The summed E-state index contributed by atoms with van der Waals surface area (Å²) < 4.78 is 0. The Labute approximate surface area is 123 Å². The fourth-order valence-electron chi connectivity index (χ4n) is 1.69. The van der Waals surface area contributed by atoms with Crippen LogP contribution < -0.4 is 16.0 Å². The highest BCUT2D eigenvalue weighted by Gasteiger charge is 2.09. The molecule has 21 heavy (non-hydrogen) atoms. The van der Waals surface area contributed by atoms with Crippen molar-refractivity contribution < 1.29 is 4.79 Å². The van der Waals surface area contributed by atoms with Crippen molar-refractivity contribution in [1.82, 2.24) is 25.6 Å². The number of hydrogen-bond donors (Lipinski definition) is 3. The lowest BCUT2D eigenvalue weighted by Gasteiger charge is -2.14. The van der Waals surface area contributed by atoms with Crippen LogP contribution in [0, 0.1) is 0 Å². The number of aromatic nitrogens is 3. The van der Waals surface area contributed by atoms with E-state index in [0.717, 1.165) is 5.69 Å². The molecule has 0 aliphatic rings.